The van der Waals surface area contributed by atoms with Gasteiger partial charge in [-0.15, -0.1) is 0 Å². The van der Waals surface area contributed by atoms with Crippen LogP contribution >= 0.6 is 0 Å². The van der Waals surface area contributed by atoms with Gasteiger partial charge < -0.3 is 19.7 Å². The molecule has 1 aromatic rings. The molecule has 1 aliphatic heterocycles. The lowest BCUT2D eigenvalue weighted by molar-refractivity contribution is 0.108. The molecular weight excluding hydrogens is 280 g/mol. The van der Waals surface area contributed by atoms with Crippen LogP contribution in [0, 0.1) is 0 Å². The average Bonchev–Trinajstić information content (AvgIpc) is 2.93. The van der Waals surface area contributed by atoms with E-state index >= 15 is 0 Å². The van der Waals surface area contributed by atoms with Crippen LogP contribution in [0.15, 0.2) is 15.6 Å². The van der Waals surface area contributed by atoms with Crippen molar-refractivity contribution in [2.24, 2.45) is 4.99 Å². The van der Waals surface area contributed by atoms with E-state index in [2.05, 4.69) is 47.9 Å². The van der Waals surface area contributed by atoms with Crippen LogP contribution in [-0.2, 0) is 12.0 Å². The van der Waals surface area contributed by atoms with Crippen molar-refractivity contribution in [1.29, 1.82) is 0 Å². The number of likely N-dealkylation sites (tertiary alicyclic amines) is 1. The average molecular weight is 308 g/mol. The summed E-state index contributed by atoms with van der Waals surface area (Å²) in [5, 5.41) is 12.9. The molecule has 2 rings (SSSR count). The summed E-state index contributed by atoms with van der Waals surface area (Å²) in [6.07, 6.45) is 3.18. The van der Waals surface area contributed by atoms with Crippen molar-refractivity contribution in [3.05, 3.63) is 17.8 Å². The molecule has 0 spiro atoms. The van der Waals surface area contributed by atoms with Crippen LogP contribution in [0.2, 0.25) is 0 Å². The zero-order valence-corrected chi connectivity index (χ0v) is 14.1. The first-order valence-electron chi connectivity index (χ1n) is 8.06. The van der Waals surface area contributed by atoms with Crippen molar-refractivity contribution in [2.45, 2.75) is 58.6 Å². The van der Waals surface area contributed by atoms with Crippen molar-refractivity contribution in [3.63, 3.8) is 0 Å². The predicted molar refractivity (Wildman–Crippen MR) is 86.8 cm³/mol. The molecule has 0 atom stereocenters. The first-order chi connectivity index (χ1) is 10.4. The highest BCUT2D eigenvalue weighted by Crippen LogP contribution is 2.22. The summed E-state index contributed by atoms with van der Waals surface area (Å²) in [5.74, 6) is 2.38. The molecule has 0 amide bonds. The van der Waals surface area contributed by atoms with Crippen LogP contribution in [0.4, 0.5) is 0 Å². The Hall–Kier alpha value is -1.56. The molecule has 0 unspecified atom stereocenters. The van der Waals surface area contributed by atoms with E-state index in [1.165, 1.54) is 0 Å². The number of nitrogens with zero attached hydrogens (tertiary/aromatic N) is 3. The molecule has 6 heteroatoms. The third-order valence-corrected chi connectivity index (χ3v) is 3.76. The lowest BCUT2D eigenvalue weighted by Crippen LogP contribution is -2.46. The van der Waals surface area contributed by atoms with Gasteiger partial charge in [0.05, 0.1) is 12.3 Å². The second-order valence-corrected chi connectivity index (χ2v) is 6.76. The number of hydrogen-bond acceptors (Lipinski definition) is 4. The third-order valence-electron chi connectivity index (χ3n) is 3.76. The largest absolute Gasteiger partial charge is 0.443 e. The van der Waals surface area contributed by atoms with Crippen LogP contribution in [0.3, 0.4) is 0 Å². The molecule has 1 aliphatic rings. The Balaban J connectivity index is 2.02. The van der Waals surface area contributed by atoms with Gasteiger partial charge in [-0.05, 0) is 19.8 Å². The zero-order valence-electron chi connectivity index (χ0n) is 14.1. The first-order valence-corrected chi connectivity index (χ1v) is 8.06. The van der Waals surface area contributed by atoms with Gasteiger partial charge in [-0.2, -0.15) is 0 Å². The molecule has 2 N–H and O–H groups in total. The normalized spacial score (nSPS) is 17.9. The highest BCUT2D eigenvalue weighted by molar-refractivity contribution is 5.80. The Morgan fingerprint density at radius 2 is 2.14 bits per heavy atom. The maximum atomic E-state index is 9.61. The van der Waals surface area contributed by atoms with Crippen LogP contribution in [-0.4, -0.2) is 46.7 Å². The lowest BCUT2D eigenvalue weighted by Gasteiger charge is -2.32. The van der Waals surface area contributed by atoms with Gasteiger partial charge in [0.15, 0.2) is 5.96 Å². The molecule has 2 heterocycles. The number of hydrogen-bond donors (Lipinski definition) is 2. The van der Waals surface area contributed by atoms with Gasteiger partial charge in [-0.1, -0.05) is 20.8 Å². The van der Waals surface area contributed by atoms with Crippen LogP contribution < -0.4 is 5.32 Å². The van der Waals surface area contributed by atoms with Gasteiger partial charge in [0, 0.05) is 25.0 Å². The first kappa shape index (κ1) is 16.8. The van der Waals surface area contributed by atoms with Crippen LogP contribution in [0.5, 0.6) is 0 Å². The van der Waals surface area contributed by atoms with Crippen LogP contribution in [0.1, 0.15) is 52.2 Å². The summed E-state index contributed by atoms with van der Waals surface area (Å²) < 4.78 is 5.78. The summed E-state index contributed by atoms with van der Waals surface area (Å²) in [6, 6.07) is 0. The highest BCUT2D eigenvalue weighted by Gasteiger charge is 2.21. The number of oxazole rings is 1. The van der Waals surface area contributed by atoms with Gasteiger partial charge in [-0.3, -0.25) is 0 Å². The number of rotatable bonds is 3. The van der Waals surface area contributed by atoms with Gasteiger partial charge in [0.1, 0.15) is 12.3 Å². The van der Waals surface area contributed by atoms with E-state index in [0.29, 0.717) is 12.4 Å². The van der Waals surface area contributed by atoms with E-state index in [0.717, 1.165) is 44.2 Å². The second-order valence-electron chi connectivity index (χ2n) is 6.76. The maximum absolute atomic E-state index is 9.61. The summed E-state index contributed by atoms with van der Waals surface area (Å²) in [5.41, 5.74) is -0.0392. The minimum Gasteiger partial charge on any atom is -0.443 e. The third kappa shape index (κ3) is 4.47. The maximum Gasteiger partial charge on any atom is 0.216 e. The lowest BCUT2D eigenvalue weighted by atomic mass is 9.94. The fraction of sp³-hybridized carbons (Fsp3) is 0.750. The van der Waals surface area contributed by atoms with Gasteiger partial charge in [-0.25, -0.2) is 9.98 Å². The molecule has 22 heavy (non-hydrogen) atoms. The summed E-state index contributed by atoms with van der Waals surface area (Å²) >= 11 is 0. The fourth-order valence-electron chi connectivity index (χ4n) is 2.38. The molecule has 1 saturated heterocycles. The second kappa shape index (κ2) is 7.13. The number of guanidine groups is 1. The number of aromatic nitrogens is 1. The van der Waals surface area contributed by atoms with Crippen molar-refractivity contribution in [1.82, 2.24) is 15.2 Å². The van der Waals surface area contributed by atoms with Crippen LogP contribution in [0.25, 0.3) is 0 Å². The molecule has 0 saturated carbocycles. The van der Waals surface area contributed by atoms with Crippen molar-refractivity contribution in [3.8, 4) is 0 Å². The topological polar surface area (TPSA) is 73.9 Å². The Morgan fingerprint density at radius 1 is 1.45 bits per heavy atom. The quantitative estimate of drug-likeness (QED) is 0.659. The van der Waals surface area contributed by atoms with E-state index in [4.69, 9.17) is 4.42 Å². The standard InChI is InChI=1S/C16H28N4O2/c1-5-17-15(20-8-6-12(21)7-9-20)19-11-14-18-10-13(22-14)16(2,3)4/h10,12,21H,5-9,11H2,1-4H3,(H,17,19). The number of aliphatic hydroxyl groups excluding tert-OH is 1. The number of aliphatic hydroxyl groups is 1. The SMILES string of the molecule is CCNC(=NCc1ncc(C(C)(C)C)o1)N1CCC(O)CC1. The fourth-order valence-corrected chi connectivity index (χ4v) is 2.38. The number of aliphatic imine (C=N–C) groups is 1. The van der Waals surface area contributed by atoms with Gasteiger partial charge in [0.2, 0.25) is 5.89 Å². The van der Waals surface area contributed by atoms with E-state index in [1.54, 1.807) is 6.20 Å². The molecule has 1 aromatic heterocycles. The molecule has 0 radical (unpaired) electrons. The van der Waals surface area contributed by atoms with Crippen molar-refractivity contribution in [2.75, 3.05) is 19.6 Å². The predicted octanol–water partition coefficient (Wildman–Crippen LogP) is 1.89. The Kier molecular flexibility index (Phi) is 5.45. The van der Waals surface area contributed by atoms with Crippen molar-refractivity contribution < 1.29 is 9.52 Å². The monoisotopic (exact) mass is 308 g/mol. The Morgan fingerprint density at radius 3 is 2.68 bits per heavy atom. The number of piperidine rings is 1. The molecule has 1 fully saturated rings. The number of nitrogens with one attached hydrogen (secondary N) is 1. The van der Waals surface area contributed by atoms with Gasteiger partial charge in [0.25, 0.3) is 0 Å². The molecule has 124 valence electrons. The molecule has 0 bridgehead atoms. The summed E-state index contributed by atoms with van der Waals surface area (Å²) in [4.78, 5) is 11.1. The minimum absolute atomic E-state index is 0.0392. The van der Waals surface area contributed by atoms with E-state index in [9.17, 15) is 5.11 Å². The Bertz CT molecular complexity index is 496. The molecule has 0 aliphatic carbocycles. The Labute approximate surface area is 132 Å². The van der Waals surface area contributed by atoms with E-state index in [-0.39, 0.29) is 11.5 Å². The van der Waals surface area contributed by atoms with E-state index < -0.39 is 0 Å². The summed E-state index contributed by atoms with van der Waals surface area (Å²) in [6.45, 7) is 11.2. The zero-order chi connectivity index (χ0) is 16.2. The van der Waals surface area contributed by atoms with Crippen molar-refractivity contribution >= 4 is 5.96 Å². The minimum atomic E-state index is -0.180. The molecule has 0 aromatic carbocycles. The molecule has 6 nitrogen and oxygen atoms in total. The highest BCUT2D eigenvalue weighted by atomic mass is 16.4. The molecular formula is C16H28N4O2. The smallest absolute Gasteiger partial charge is 0.216 e. The summed E-state index contributed by atoms with van der Waals surface area (Å²) in [7, 11) is 0. The van der Waals surface area contributed by atoms with E-state index in [1.807, 2.05) is 0 Å². The van der Waals surface area contributed by atoms with Gasteiger partial charge >= 0.3 is 0 Å².